The van der Waals surface area contributed by atoms with Gasteiger partial charge in [-0.05, 0) is 34.1 Å². The molecule has 0 bridgehead atoms. The molecule has 0 rings (SSSR count). The van der Waals surface area contributed by atoms with E-state index in [0.29, 0.717) is 6.42 Å². The van der Waals surface area contributed by atoms with Crippen LogP contribution in [0.2, 0.25) is 0 Å². The molecule has 132 valence electrons. The van der Waals surface area contributed by atoms with E-state index in [-0.39, 0.29) is 31.3 Å². The number of hydrogen-bond donors (Lipinski definition) is 1. The van der Waals surface area contributed by atoms with Crippen molar-refractivity contribution < 1.29 is 28.6 Å². The minimum atomic E-state index is -0.672. The fourth-order valence-corrected chi connectivity index (χ4v) is 1.21. The number of rotatable bonds is 9. The van der Waals surface area contributed by atoms with E-state index in [1.165, 1.54) is 6.92 Å². The molecule has 0 aromatic rings. The van der Waals surface area contributed by atoms with E-state index in [4.69, 9.17) is 14.2 Å². The fraction of sp³-hybridized carbons (Fsp3) is 0.688. The van der Waals surface area contributed by atoms with Gasteiger partial charge in [-0.25, -0.2) is 9.59 Å². The van der Waals surface area contributed by atoms with E-state index in [0.717, 1.165) is 0 Å². The minimum absolute atomic E-state index is 0.0136. The summed E-state index contributed by atoms with van der Waals surface area (Å²) in [6.07, 6.45) is -0.593. The van der Waals surface area contributed by atoms with Gasteiger partial charge in [-0.3, -0.25) is 4.79 Å². The monoisotopic (exact) mass is 329 g/mol. The van der Waals surface area contributed by atoms with Crippen LogP contribution in [-0.4, -0.2) is 43.9 Å². The molecule has 1 unspecified atom stereocenters. The first-order chi connectivity index (χ1) is 10.6. The molecule has 0 saturated heterocycles. The maximum atomic E-state index is 11.8. The Hall–Kier alpha value is -2.05. The highest BCUT2D eigenvalue weighted by Crippen LogP contribution is 2.21. The van der Waals surface area contributed by atoms with Crippen LogP contribution in [0.3, 0.4) is 0 Å². The van der Waals surface area contributed by atoms with E-state index in [1.807, 2.05) is 6.92 Å². The normalized spacial score (nSPS) is 12.0. The maximum absolute atomic E-state index is 11.8. The van der Waals surface area contributed by atoms with Gasteiger partial charge in [-0.2, -0.15) is 0 Å². The van der Waals surface area contributed by atoms with Gasteiger partial charge in [-0.1, -0.05) is 13.5 Å². The summed E-state index contributed by atoms with van der Waals surface area (Å²) in [7, 11) is 0. The average Bonchev–Trinajstić information content (AvgIpc) is 2.48. The largest absolute Gasteiger partial charge is 0.461 e. The number of nitrogens with one attached hydrogen (secondary N) is 1. The summed E-state index contributed by atoms with van der Waals surface area (Å²) >= 11 is 0. The van der Waals surface area contributed by atoms with Crippen LogP contribution in [0, 0.1) is 5.41 Å². The first-order valence-corrected chi connectivity index (χ1v) is 7.54. The number of ether oxygens (including phenoxy) is 3. The molecule has 7 heteroatoms. The first-order valence-electron chi connectivity index (χ1n) is 7.54. The van der Waals surface area contributed by atoms with Gasteiger partial charge in [0.15, 0.2) is 0 Å². The summed E-state index contributed by atoms with van der Waals surface area (Å²) in [5.41, 5.74) is -0.271. The molecule has 1 atom stereocenters. The molecular weight excluding hydrogens is 302 g/mol. The van der Waals surface area contributed by atoms with Crippen LogP contribution < -0.4 is 5.32 Å². The Labute approximate surface area is 137 Å². The highest BCUT2D eigenvalue weighted by molar-refractivity contribution is 5.86. The molecule has 0 aromatic carbocycles. The molecule has 0 fully saturated rings. The second-order valence-corrected chi connectivity index (χ2v) is 5.89. The van der Waals surface area contributed by atoms with Crippen molar-refractivity contribution in [2.24, 2.45) is 5.41 Å². The smallest absolute Gasteiger partial charge is 0.407 e. The molecule has 0 radical (unpaired) electrons. The van der Waals surface area contributed by atoms with Gasteiger partial charge in [0.2, 0.25) is 0 Å². The predicted octanol–water partition coefficient (Wildman–Crippen LogP) is 2.20. The van der Waals surface area contributed by atoms with Crippen LogP contribution in [0.1, 0.15) is 41.0 Å². The molecular formula is C16H27NO6. The van der Waals surface area contributed by atoms with Crippen LogP contribution in [0.25, 0.3) is 0 Å². The number of hydrogen-bond acceptors (Lipinski definition) is 6. The minimum Gasteiger partial charge on any atom is -0.461 e. The Morgan fingerprint density at radius 2 is 1.83 bits per heavy atom. The lowest BCUT2D eigenvalue weighted by molar-refractivity contribution is -0.156. The standard InChI is InChI=1S/C16H27NO6/c1-7-16(5,6)14(19)22-10-12(4)23-15(20)17-8-9-21-13(18)11(2)3/h12H,2,7-10H2,1,3-6H3,(H,17,20). The van der Waals surface area contributed by atoms with Crippen LogP contribution in [-0.2, 0) is 23.8 Å². The average molecular weight is 329 g/mol. The van der Waals surface area contributed by atoms with Gasteiger partial charge in [0.1, 0.15) is 19.3 Å². The second-order valence-electron chi connectivity index (χ2n) is 5.89. The van der Waals surface area contributed by atoms with Gasteiger partial charge in [0.25, 0.3) is 0 Å². The molecule has 0 heterocycles. The lowest BCUT2D eigenvalue weighted by Crippen LogP contribution is -2.34. The fourth-order valence-electron chi connectivity index (χ4n) is 1.21. The molecule has 1 amide bonds. The van der Waals surface area contributed by atoms with Gasteiger partial charge < -0.3 is 19.5 Å². The SMILES string of the molecule is C=C(C)C(=O)OCCNC(=O)OC(C)COC(=O)C(C)(C)CC. The first kappa shape index (κ1) is 20.9. The number of amides is 1. The summed E-state index contributed by atoms with van der Waals surface area (Å²) in [6, 6.07) is 0. The molecule has 23 heavy (non-hydrogen) atoms. The van der Waals surface area contributed by atoms with Crippen molar-refractivity contribution >= 4 is 18.0 Å². The van der Waals surface area contributed by atoms with E-state index in [2.05, 4.69) is 11.9 Å². The third-order valence-electron chi connectivity index (χ3n) is 3.15. The zero-order chi connectivity index (χ0) is 18.0. The van der Waals surface area contributed by atoms with Crippen LogP contribution in [0.4, 0.5) is 4.79 Å². The van der Waals surface area contributed by atoms with Crippen molar-refractivity contribution in [1.29, 1.82) is 0 Å². The summed E-state index contributed by atoms with van der Waals surface area (Å²) in [4.78, 5) is 34.4. The van der Waals surface area contributed by atoms with E-state index >= 15 is 0 Å². The Kier molecular flexibility index (Phi) is 8.98. The third-order valence-corrected chi connectivity index (χ3v) is 3.15. The Bertz CT molecular complexity index is 444. The van der Waals surface area contributed by atoms with Crippen molar-refractivity contribution in [1.82, 2.24) is 5.32 Å². The van der Waals surface area contributed by atoms with Crippen molar-refractivity contribution in [3.63, 3.8) is 0 Å². The van der Waals surface area contributed by atoms with Gasteiger partial charge >= 0.3 is 18.0 Å². The Balaban J connectivity index is 3.92. The number of carbonyl (C=O) groups excluding carboxylic acids is 3. The highest BCUT2D eigenvalue weighted by Gasteiger charge is 2.27. The van der Waals surface area contributed by atoms with Gasteiger partial charge in [0.05, 0.1) is 12.0 Å². The van der Waals surface area contributed by atoms with Crippen LogP contribution in [0.15, 0.2) is 12.2 Å². The van der Waals surface area contributed by atoms with E-state index in [9.17, 15) is 14.4 Å². The molecule has 7 nitrogen and oxygen atoms in total. The summed E-state index contributed by atoms with van der Waals surface area (Å²) < 4.78 is 14.9. The number of alkyl carbamates (subject to hydrolysis) is 1. The van der Waals surface area contributed by atoms with Crippen LogP contribution >= 0.6 is 0 Å². The van der Waals surface area contributed by atoms with Crippen LogP contribution in [0.5, 0.6) is 0 Å². The Morgan fingerprint density at radius 1 is 1.22 bits per heavy atom. The second kappa shape index (κ2) is 9.86. The zero-order valence-corrected chi connectivity index (χ0v) is 14.6. The molecule has 0 aromatic heterocycles. The molecule has 0 saturated carbocycles. The van der Waals surface area contributed by atoms with Crippen molar-refractivity contribution in [2.45, 2.75) is 47.1 Å². The molecule has 0 aliphatic rings. The van der Waals surface area contributed by atoms with Crippen molar-refractivity contribution in [3.05, 3.63) is 12.2 Å². The van der Waals surface area contributed by atoms with Crippen molar-refractivity contribution in [2.75, 3.05) is 19.8 Å². The summed E-state index contributed by atoms with van der Waals surface area (Å²) in [5.74, 6) is -0.846. The summed E-state index contributed by atoms with van der Waals surface area (Å²) in [5, 5.41) is 2.43. The zero-order valence-electron chi connectivity index (χ0n) is 14.6. The molecule has 0 aliphatic heterocycles. The molecule has 0 aliphatic carbocycles. The lowest BCUT2D eigenvalue weighted by Gasteiger charge is -2.22. The summed E-state index contributed by atoms with van der Waals surface area (Å²) in [6.45, 7) is 12.2. The highest BCUT2D eigenvalue weighted by atomic mass is 16.6. The van der Waals surface area contributed by atoms with E-state index in [1.54, 1.807) is 20.8 Å². The number of esters is 2. The van der Waals surface area contributed by atoms with Gasteiger partial charge in [-0.15, -0.1) is 0 Å². The topological polar surface area (TPSA) is 90.9 Å². The number of carbonyl (C=O) groups is 3. The molecule has 1 N–H and O–H groups in total. The third kappa shape index (κ3) is 8.85. The van der Waals surface area contributed by atoms with Crippen molar-refractivity contribution in [3.8, 4) is 0 Å². The quantitative estimate of drug-likeness (QED) is 0.302. The van der Waals surface area contributed by atoms with Gasteiger partial charge in [0, 0.05) is 5.57 Å². The molecule has 0 spiro atoms. The Morgan fingerprint density at radius 3 is 2.35 bits per heavy atom. The predicted molar refractivity (Wildman–Crippen MR) is 84.7 cm³/mol. The lowest BCUT2D eigenvalue weighted by atomic mass is 9.91. The van der Waals surface area contributed by atoms with E-state index < -0.39 is 23.6 Å². The maximum Gasteiger partial charge on any atom is 0.407 e.